The molecule has 0 spiro atoms. The van der Waals surface area contributed by atoms with Gasteiger partial charge < -0.3 is 21.3 Å². The second-order valence-corrected chi connectivity index (χ2v) is 36.8. The van der Waals surface area contributed by atoms with E-state index in [1.165, 1.54) is 222 Å². The minimum atomic E-state index is -0.474. The molecule has 2 unspecified atom stereocenters. The summed E-state index contributed by atoms with van der Waals surface area (Å²) in [6.45, 7) is 23.4. The molecule has 6 aromatic heterocycles. The topological polar surface area (TPSA) is 118 Å². The van der Waals surface area contributed by atoms with Crippen LogP contribution in [-0.4, -0.2) is 44.7 Å². The van der Waals surface area contributed by atoms with E-state index in [1.54, 1.807) is 45.1 Å². The van der Waals surface area contributed by atoms with Crippen molar-refractivity contribution in [1.29, 1.82) is 0 Å². The van der Waals surface area contributed by atoms with Crippen molar-refractivity contribution in [3.63, 3.8) is 0 Å². The van der Waals surface area contributed by atoms with Gasteiger partial charge in [0.15, 0.2) is 0 Å². The predicted molar refractivity (Wildman–Crippen MR) is 426 cm³/mol. The first-order chi connectivity index (χ1) is 47.0. The highest BCUT2D eigenvalue weighted by molar-refractivity contribution is 7.29. The van der Waals surface area contributed by atoms with Crippen molar-refractivity contribution in [3.05, 3.63) is 90.8 Å². The van der Waals surface area contributed by atoms with Crippen LogP contribution in [0.1, 0.15) is 344 Å². The van der Waals surface area contributed by atoms with Crippen molar-refractivity contribution in [2.45, 2.75) is 330 Å². The van der Waals surface area contributed by atoms with Crippen LogP contribution in [0, 0.1) is 11.8 Å². The number of thiophene rings is 4. The average molecular weight is 1430 g/mol. The fourth-order valence-corrected chi connectivity index (χ4v) is 22.3. The second kappa shape index (κ2) is 38.1. The number of fused-ring (bicyclic) bond motifs is 4. The van der Waals surface area contributed by atoms with Crippen LogP contribution in [0.25, 0.3) is 50.4 Å². The molecule has 2 amide bonds. The molecular weight excluding hydrogens is 1310 g/mol. The summed E-state index contributed by atoms with van der Waals surface area (Å²) < 4.78 is 0. The predicted octanol–water partition coefficient (Wildman–Crippen LogP) is 26.5. The number of nitrogens with two attached hydrogens (primary N) is 2. The smallest absolute Gasteiger partial charge is 0.261 e. The maximum absolute atomic E-state index is 16.3. The molecular formula is C83H124N6O2S6. The number of nitrogens with zero attached hydrogens (tertiary/aromatic N) is 4. The van der Waals surface area contributed by atoms with E-state index < -0.39 is 11.1 Å². The van der Waals surface area contributed by atoms with Gasteiger partial charge in [-0.3, -0.25) is 9.59 Å². The molecule has 2 aliphatic heterocycles. The van der Waals surface area contributed by atoms with Crippen molar-refractivity contribution in [2.24, 2.45) is 23.3 Å². The standard InChI is InChI=1S/C83H124N6O2S6/c1-11-17-23-29-33-39-45-59(43-37-27-21-15-5)57-88-73(71-72(80(88)91)74(78-87-56-68(96-78)65-49-50-69(93-65)81(7,8)84)89(79(71)90)58-60(44-38-28-22-16-6)46-40-34-30-24-18-12-2)77-86-55-67(95-77)64-48-47-63(92-64)66-53-61-75(94-66)76-62(54-70(97-76)82(9,10)85)83(61,51-41-35-31-25-19-13-3)52-42-36-32-26-20-14-4/h47-50,53-56,59-60H,11-46,51-52,57-58,84-85H2,1-10H3. The molecule has 0 bridgehead atoms. The molecule has 8 heterocycles. The summed E-state index contributed by atoms with van der Waals surface area (Å²) in [6.07, 6.45) is 50.5. The van der Waals surface area contributed by atoms with E-state index in [2.05, 4.69) is 111 Å². The summed E-state index contributed by atoms with van der Waals surface area (Å²) in [5, 5.41) is 1.50. The summed E-state index contributed by atoms with van der Waals surface area (Å²) in [7, 11) is 0. The Labute approximate surface area is 611 Å². The van der Waals surface area contributed by atoms with Crippen LogP contribution in [0.15, 0.2) is 59.9 Å². The maximum Gasteiger partial charge on any atom is 0.261 e. The molecule has 9 rings (SSSR count). The number of aromatic nitrogens is 2. The van der Waals surface area contributed by atoms with Crippen LogP contribution in [0.2, 0.25) is 0 Å². The van der Waals surface area contributed by atoms with Crippen LogP contribution in [0.4, 0.5) is 0 Å². The summed E-state index contributed by atoms with van der Waals surface area (Å²) in [5.41, 5.74) is 18.4. The van der Waals surface area contributed by atoms with Crippen molar-refractivity contribution >= 4 is 91.2 Å². The summed E-state index contributed by atoms with van der Waals surface area (Å²) in [4.78, 5) is 59.6. The normalized spacial score (nSPS) is 15.3. The zero-order valence-corrected chi connectivity index (χ0v) is 66.7. The third-order valence-corrected chi connectivity index (χ3v) is 29.0. The Hall–Kier alpha value is -3.60. The van der Waals surface area contributed by atoms with Gasteiger partial charge in [0.1, 0.15) is 10.0 Å². The molecule has 2 atom stereocenters. The highest BCUT2D eigenvalue weighted by Crippen LogP contribution is 2.62. The minimum Gasteiger partial charge on any atom is -0.321 e. The van der Waals surface area contributed by atoms with Crippen molar-refractivity contribution in [1.82, 2.24) is 19.8 Å². The summed E-state index contributed by atoms with van der Waals surface area (Å²) in [5.74, 6) is 0.479. The van der Waals surface area contributed by atoms with Crippen LogP contribution < -0.4 is 11.5 Å². The number of carbonyl (C=O) groups is 2. The zero-order chi connectivity index (χ0) is 69.0. The molecule has 3 aliphatic rings. The van der Waals surface area contributed by atoms with E-state index in [0.717, 1.165) is 80.9 Å². The number of rotatable bonds is 49. The maximum atomic E-state index is 16.3. The highest BCUT2D eigenvalue weighted by atomic mass is 32.1. The van der Waals surface area contributed by atoms with Gasteiger partial charge in [0.05, 0.1) is 32.3 Å². The average Bonchev–Trinajstić information content (AvgIpc) is 1.56. The number of amides is 2. The Bertz CT molecular complexity index is 3440. The molecule has 6 aromatic rings. The Kier molecular flexibility index (Phi) is 30.4. The Morgan fingerprint density at radius 2 is 0.742 bits per heavy atom. The zero-order valence-electron chi connectivity index (χ0n) is 61.8. The lowest BCUT2D eigenvalue weighted by molar-refractivity contribution is -0.124. The molecule has 8 nitrogen and oxygen atoms in total. The summed E-state index contributed by atoms with van der Waals surface area (Å²) in [6, 6.07) is 14.1. The van der Waals surface area contributed by atoms with Gasteiger partial charge in [0, 0.05) is 81.0 Å². The first kappa shape index (κ1) is 77.6. The first-order valence-corrected chi connectivity index (χ1v) is 44.0. The molecule has 0 aromatic carbocycles. The molecule has 0 saturated heterocycles. The van der Waals surface area contributed by atoms with Crippen LogP contribution in [0.5, 0.6) is 0 Å². The van der Waals surface area contributed by atoms with E-state index in [-0.39, 0.29) is 17.2 Å². The van der Waals surface area contributed by atoms with Gasteiger partial charge in [0.2, 0.25) is 0 Å². The number of thiazole rings is 2. The lowest BCUT2D eigenvalue weighted by Crippen LogP contribution is -2.35. The lowest BCUT2D eigenvalue weighted by atomic mass is 9.71. The minimum absolute atomic E-state index is 0.00795. The fraction of sp³-hybridized carbons (Fsp3) is 0.663. The monoisotopic (exact) mass is 1430 g/mol. The van der Waals surface area contributed by atoms with E-state index in [9.17, 15) is 0 Å². The van der Waals surface area contributed by atoms with Crippen LogP contribution in [0.3, 0.4) is 0 Å². The molecule has 1 aliphatic carbocycles. The molecule has 14 heteroatoms. The summed E-state index contributed by atoms with van der Waals surface area (Å²) >= 11 is 10.8. The number of carbonyl (C=O) groups excluding carboxylic acids is 2. The number of hydrogen-bond donors (Lipinski definition) is 2. The van der Waals surface area contributed by atoms with Gasteiger partial charge in [-0.25, -0.2) is 9.97 Å². The van der Waals surface area contributed by atoms with E-state index in [0.29, 0.717) is 47.5 Å². The van der Waals surface area contributed by atoms with Crippen LogP contribution in [-0.2, 0) is 26.1 Å². The first-order valence-electron chi connectivity index (χ1n) is 39.1. The fourth-order valence-electron chi connectivity index (χ4n) is 15.4. The van der Waals surface area contributed by atoms with Crippen molar-refractivity contribution in [2.75, 3.05) is 13.1 Å². The lowest BCUT2D eigenvalue weighted by Gasteiger charge is -2.32. The molecule has 97 heavy (non-hydrogen) atoms. The Morgan fingerprint density at radius 3 is 1.15 bits per heavy atom. The van der Waals surface area contributed by atoms with Crippen LogP contribution >= 0.6 is 68.0 Å². The molecule has 0 fully saturated rings. The third kappa shape index (κ3) is 20.0. The third-order valence-electron chi connectivity index (χ3n) is 21.2. The van der Waals surface area contributed by atoms with E-state index >= 15 is 9.59 Å². The Morgan fingerprint density at radius 1 is 0.392 bits per heavy atom. The van der Waals surface area contributed by atoms with Crippen molar-refractivity contribution in [3.8, 4) is 39.0 Å². The van der Waals surface area contributed by atoms with E-state index in [4.69, 9.17) is 21.4 Å². The molecule has 534 valence electrons. The SMILES string of the molecule is CCCCCCCCC(CCCCCC)CN1C(=O)C2=C(c3ncc(-c4ccc(C(C)(C)N)s4)s3)N(CC(CCCCCC)CCCCCCCC)C(=O)C2=C1c1ncc(-c2ccc(-c3cc4c(s3)-c3sc(C(C)(C)N)cc3C4(CCCCCCCC)CCCCCCCC)s2)s1. The molecule has 4 N–H and O–H groups in total. The molecule has 0 radical (unpaired) electrons. The quantitative estimate of drug-likeness (QED) is 0.0367. The van der Waals surface area contributed by atoms with Gasteiger partial charge in [-0.05, 0) is 126 Å². The van der Waals surface area contributed by atoms with Gasteiger partial charge in [-0.2, -0.15) is 0 Å². The van der Waals surface area contributed by atoms with Crippen molar-refractivity contribution < 1.29 is 9.59 Å². The second-order valence-electron chi connectivity index (χ2n) is 30.5. The van der Waals surface area contributed by atoms with Gasteiger partial charge in [-0.15, -0.1) is 68.0 Å². The van der Waals surface area contributed by atoms with Gasteiger partial charge in [-0.1, -0.05) is 247 Å². The largest absolute Gasteiger partial charge is 0.321 e. The van der Waals surface area contributed by atoms with Gasteiger partial charge in [0.25, 0.3) is 11.8 Å². The highest BCUT2D eigenvalue weighted by Gasteiger charge is 2.52. The Balaban J connectivity index is 1.12. The molecule has 0 saturated carbocycles. The van der Waals surface area contributed by atoms with Gasteiger partial charge >= 0.3 is 0 Å². The number of hydrogen-bond acceptors (Lipinski definition) is 12. The number of unbranched alkanes of at least 4 members (excludes halogenated alkanes) is 26. The van der Waals surface area contributed by atoms with E-state index in [1.807, 2.05) is 51.3 Å².